The largest absolute Gasteiger partial charge is 0.480 e. The van der Waals surface area contributed by atoms with Gasteiger partial charge < -0.3 is 26.2 Å². The molecule has 0 heterocycles. The summed E-state index contributed by atoms with van der Waals surface area (Å²) in [5.74, 6) is -1.70. The Balaban J connectivity index is 4.02. The smallest absolute Gasteiger partial charge is 0.326 e. The zero-order valence-corrected chi connectivity index (χ0v) is 11.4. The van der Waals surface area contributed by atoms with E-state index in [0.29, 0.717) is 0 Å². The fourth-order valence-electron chi connectivity index (χ4n) is 1.24. The molecule has 5 N–H and O–H groups in total. The van der Waals surface area contributed by atoms with Crippen LogP contribution >= 0.6 is 0 Å². The first-order chi connectivity index (χ1) is 8.64. The van der Waals surface area contributed by atoms with Gasteiger partial charge in [0.05, 0.1) is 6.61 Å². The van der Waals surface area contributed by atoms with Gasteiger partial charge in [-0.15, -0.1) is 0 Å². The quantitative estimate of drug-likeness (QED) is 0.456. The molecular formula is C11H21N3O5. The Morgan fingerprint density at radius 3 is 2.32 bits per heavy atom. The van der Waals surface area contributed by atoms with Crippen molar-refractivity contribution in [3.63, 3.8) is 0 Å². The second-order valence-electron chi connectivity index (χ2n) is 5.06. The molecule has 0 aromatic rings. The number of carbonyl (C=O) groups is 3. The van der Waals surface area contributed by atoms with Crippen molar-refractivity contribution in [2.45, 2.75) is 26.8 Å². The summed E-state index contributed by atoms with van der Waals surface area (Å²) in [5, 5.41) is 13.8. The van der Waals surface area contributed by atoms with Crippen molar-refractivity contribution in [2.75, 3.05) is 19.8 Å². The lowest BCUT2D eigenvalue weighted by Crippen LogP contribution is -2.52. The number of hydrogen-bond donors (Lipinski definition) is 4. The zero-order valence-electron chi connectivity index (χ0n) is 11.4. The number of nitrogens with one attached hydrogen (secondary N) is 2. The molecular weight excluding hydrogens is 254 g/mol. The highest BCUT2D eigenvalue weighted by molar-refractivity contribution is 5.83. The summed E-state index contributed by atoms with van der Waals surface area (Å²) in [6.45, 7) is 5.17. The Hall–Kier alpha value is -1.83. The second kappa shape index (κ2) is 7.57. The van der Waals surface area contributed by atoms with Crippen LogP contribution in [0.5, 0.6) is 0 Å². The first-order valence-electron chi connectivity index (χ1n) is 5.78. The van der Waals surface area contributed by atoms with Gasteiger partial charge in [0.2, 0.25) is 5.91 Å². The molecule has 3 amide bonds. The monoisotopic (exact) mass is 275 g/mol. The van der Waals surface area contributed by atoms with Crippen molar-refractivity contribution in [1.82, 2.24) is 10.6 Å². The van der Waals surface area contributed by atoms with E-state index in [4.69, 9.17) is 15.6 Å². The minimum Gasteiger partial charge on any atom is -0.480 e. The number of carbonyl (C=O) groups excluding carboxylic acids is 2. The fourth-order valence-corrected chi connectivity index (χ4v) is 1.24. The van der Waals surface area contributed by atoms with Crippen molar-refractivity contribution in [2.24, 2.45) is 11.1 Å². The SMILES string of the molecule is CC(C)(C)C(NC(=O)NCCOCC(N)=O)C(=O)O. The minimum absolute atomic E-state index is 0.115. The van der Waals surface area contributed by atoms with E-state index in [9.17, 15) is 14.4 Å². The number of amides is 3. The summed E-state index contributed by atoms with van der Waals surface area (Å²) in [5.41, 5.74) is 4.25. The predicted molar refractivity (Wildman–Crippen MR) is 67.4 cm³/mol. The fraction of sp³-hybridized carbons (Fsp3) is 0.727. The molecule has 8 heteroatoms. The third-order valence-corrected chi connectivity index (χ3v) is 2.16. The van der Waals surface area contributed by atoms with Crippen molar-refractivity contribution in [3.8, 4) is 0 Å². The number of primary amides is 1. The topological polar surface area (TPSA) is 131 Å². The Kier molecular flexibility index (Phi) is 6.84. The molecule has 0 radical (unpaired) electrons. The molecule has 0 aliphatic rings. The van der Waals surface area contributed by atoms with Crippen LogP contribution < -0.4 is 16.4 Å². The summed E-state index contributed by atoms with van der Waals surface area (Å²) in [6.07, 6.45) is 0. The van der Waals surface area contributed by atoms with E-state index >= 15 is 0 Å². The molecule has 0 saturated heterocycles. The van der Waals surface area contributed by atoms with E-state index in [1.807, 2.05) is 0 Å². The maximum absolute atomic E-state index is 11.5. The van der Waals surface area contributed by atoms with Crippen LogP contribution in [0.3, 0.4) is 0 Å². The van der Waals surface area contributed by atoms with Crippen molar-refractivity contribution >= 4 is 17.9 Å². The van der Waals surface area contributed by atoms with Crippen LogP contribution in [0.15, 0.2) is 0 Å². The first kappa shape index (κ1) is 17.2. The Bertz CT molecular complexity index is 338. The van der Waals surface area contributed by atoms with Crippen LogP contribution in [0.1, 0.15) is 20.8 Å². The van der Waals surface area contributed by atoms with Crippen molar-refractivity contribution in [3.05, 3.63) is 0 Å². The lowest BCUT2D eigenvalue weighted by Gasteiger charge is -2.27. The van der Waals surface area contributed by atoms with Gasteiger partial charge in [0.15, 0.2) is 0 Å². The molecule has 0 bridgehead atoms. The van der Waals surface area contributed by atoms with Gasteiger partial charge in [-0.3, -0.25) is 4.79 Å². The molecule has 1 unspecified atom stereocenters. The van der Waals surface area contributed by atoms with E-state index in [-0.39, 0.29) is 19.8 Å². The minimum atomic E-state index is -1.10. The summed E-state index contributed by atoms with van der Waals surface area (Å²) < 4.78 is 4.83. The Labute approximate surface area is 111 Å². The maximum atomic E-state index is 11.5. The van der Waals surface area contributed by atoms with Crippen molar-refractivity contribution in [1.29, 1.82) is 0 Å². The molecule has 0 fully saturated rings. The molecule has 0 aromatic carbocycles. The Morgan fingerprint density at radius 2 is 1.89 bits per heavy atom. The van der Waals surface area contributed by atoms with Gasteiger partial charge in [0.1, 0.15) is 12.6 Å². The summed E-state index contributed by atoms with van der Waals surface area (Å²) in [6, 6.07) is -1.61. The number of carboxylic acid groups (broad SMARTS) is 1. The highest BCUT2D eigenvalue weighted by Crippen LogP contribution is 2.19. The number of hydrogen-bond acceptors (Lipinski definition) is 4. The van der Waals surface area contributed by atoms with Crippen molar-refractivity contribution < 1.29 is 24.2 Å². The van der Waals surface area contributed by atoms with Gasteiger partial charge in [-0.2, -0.15) is 0 Å². The van der Waals surface area contributed by atoms with Gasteiger partial charge in [-0.25, -0.2) is 9.59 Å². The van der Waals surface area contributed by atoms with E-state index in [2.05, 4.69) is 10.6 Å². The van der Waals surface area contributed by atoms with Gasteiger partial charge >= 0.3 is 12.0 Å². The molecule has 0 spiro atoms. The van der Waals surface area contributed by atoms with Crippen LogP contribution in [-0.4, -0.2) is 48.8 Å². The average Bonchev–Trinajstić information content (AvgIpc) is 2.23. The number of urea groups is 1. The first-order valence-corrected chi connectivity index (χ1v) is 5.78. The van der Waals surface area contributed by atoms with Gasteiger partial charge in [-0.05, 0) is 5.41 Å². The normalized spacial score (nSPS) is 12.6. The molecule has 0 saturated carbocycles. The van der Waals surface area contributed by atoms with E-state index in [1.54, 1.807) is 20.8 Å². The van der Waals surface area contributed by atoms with E-state index in [1.165, 1.54) is 0 Å². The summed E-state index contributed by atoms with van der Waals surface area (Å²) >= 11 is 0. The number of rotatable bonds is 7. The van der Waals surface area contributed by atoms with Gasteiger partial charge in [0, 0.05) is 6.54 Å². The number of nitrogens with two attached hydrogens (primary N) is 1. The molecule has 8 nitrogen and oxygen atoms in total. The average molecular weight is 275 g/mol. The third kappa shape index (κ3) is 7.98. The van der Waals surface area contributed by atoms with Crippen LogP contribution in [0, 0.1) is 5.41 Å². The maximum Gasteiger partial charge on any atom is 0.326 e. The predicted octanol–water partition coefficient (Wildman–Crippen LogP) is -0.713. The van der Waals surface area contributed by atoms with Crippen LogP contribution in [0.25, 0.3) is 0 Å². The van der Waals surface area contributed by atoms with Gasteiger partial charge in [-0.1, -0.05) is 20.8 Å². The highest BCUT2D eigenvalue weighted by atomic mass is 16.5. The lowest BCUT2D eigenvalue weighted by molar-refractivity contribution is -0.141. The molecule has 0 aliphatic carbocycles. The second-order valence-corrected chi connectivity index (χ2v) is 5.06. The van der Waals surface area contributed by atoms with Gasteiger partial charge in [0.25, 0.3) is 0 Å². The van der Waals surface area contributed by atoms with Crippen LogP contribution in [-0.2, 0) is 14.3 Å². The molecule has 0 aliphatic heterocycles. The number of aliphatic carboxylic acids is 1. The third-order valence-electron chi connectivity index (χ3n) is 2.16. The van der Waals surface area contributed by atoms with E-state index in [0.717, 1.165) is 0 Å². The lowest BCUT2D eigenvalue weighted by atomic mass is 9.87. The summed E-state index contributed by atoms with van der Waals surface area (Å²) in [7, 11) is 0. The highest BCUT2D eigenvalue weighted by Gasteiger charge is 2.32. The molecule has 19 heavy (non-hydrogen) atoms. The molecule has 110 valence electrons. The van der Waals surface area contributed by atoms with E-state index < -0.39 is 29.4 Å². The van der Waals surface area contributed by atoms with Crippen LogP contribution in [0.2, 0.25) is 0 Å². The zero-order chi connectivity index (χ0) is 15.1. The molecule has 1 atom stereocenters. The molecule has 0 aromatic heterocycles. The number of ether oxygens (including phenoxy) is 1. The Morgan fingerprint density at radius 1 is 1.32 bits per heavy atom. The van der Waals surface area contributed by atoms with Crippen LogP contribution in [0.4, 0.5) is 4.79 Å². The standard InChI is InChI=1S/C11H21N3O5/c1-11(2,3)8(9(16)17)14-10(18)13-4-5-19-6-7(12)15/h8H,4-6H2,1-3H3,(H2,12,15)(H,16,17)(H2,13,14,18). The summed E-state index contributed by atoms with van der Waals surface area (Å²) in [4.78, 5) is 32.8. The number of carboxylic acids is 1. The molecule has 0 rings (SSSR count).